The van der Waals surface area contributed by atoms with Crippen LogP contribution in [0.1, 0.15) is 31.3 Å². The quantitative estimate of drug-likeness (QED) is 0.729. The van der Waals surface area contributed by atoms with E-state index in [4.69, 9.17) is 9.15 Å². The number of aromatic nitrogens is 2. The van der Waals surface area contributed by atoms with Crippen LogP contribution in [0.15, 0.2) is 53.1 Å². The fourth-order valence-corrected chi connectivity index (χ4v) is 2.46. The van der Waals surface area contributed by atoms with Gasteiger partial charge in [-0.25, -0.2) is 4.68 Å². The van der Waals surface area contributed by atoms with Crippen molar-refractivity contribution in [3.8, 4) is 22.9 Å². The fourth-order valence-electron chi connectivity index (χ4n) is 2.46. The molecule has 1 atom stereocenters. The Morgan fingerprint density at radius 3 is 2.50 bits per heavy atom. The number of ether oxygens (including phenoxy) is 1. The van der Waals surface area contributed by atoms with E-state index in [0.29, 0.717) is 23.1 Å². The molecule has 0 fully saturated rings. The van der Waals surface area contributed by atoms with Crippen LogP contribution in [0.4, 0.5) is 0 Å². The summed E-state index contributed by atoms with van der Waals surface area (Å²) in [5.74, 6) is 1.52. The van der Waals surface area contributed by atoms with Crippen molar-refractivity contribution in [2.75, 3.05) is 7.11 Å². The highest BCUT2D eigenvalue weighted by Crippen LogP contribution is 2.23. The van der Waals surface area contributed by atoms with Crippen LogP contribution in [-0.2, 0) is 0 Å². The molecular weight excluding hydrogens is 330 g/mol. The summed E-state index contributed by atoms with van der Waals surface area (Å²) in [6.45, 7) is 6.13. The van der Waals surface area contributed by atoms with Crippen molar-refractivity contribution in [1.29, 1.82) is 0 Å². The average Bonchev–Trinajstić information content (AvgIpc) is 3.31. The van der Waals surface area contributed by atoms with Crippen LogP contribution >= 0.6 is 0 Å². The van der Waals surface area contributed by atoms with Crippen molar-refractivity contribution in [2.45, 2.75) is 26.8 Å². The van der Waals surface area contributed by atoms with Crippen molar-refractivity contribution in [3.63, 3.8) is 0 Å². The second-order valence-electron chi connectivity index (χ2n) is 6.51. The predicted molar refractivity (Wildman–Crippen MR) is 99.6 cm³/mol. The van der Waals surface area contributed by atoms with Gasteiger partial charge in [0, 0.05) is 12.1 Å². The van der Waals surface area contributed by atoms with E-state index in [0.717, 1.165) is 11.4 Å². The SMILES string of the molecule is COc1ccc(-n2nc(-c3ccco3)cc2C(=O)N[C@H](C)C(C)C)cc1. The standard InChI is InChI=1S/C20H23N3O3/c1-13(2)14(3)21-20(24)18-12-17(19-6-5-11-26-19)22-23(18)15-7-9-16(25-4)10-8-15/h5-14H,1-4H3,(H,21,24)/t14-/m1/s1. The lowest BCUT2D eigenvalue weighted by molar-refractivity contribution is 0.0922. The Bertz CT molecular complexity index is 864. The number of hydrogen-bond acceptors (Lipinski definition) is 4. The van der Waals surface area contributed by atoms with Gasteiger partial charge in [0.2, 0.25) is 0 Å². The van der Waals surface area contributed by atoms with Crippen molar-refractivity contribution < 1.29 is 13.9 Å². The molecule has 6 nitrogen and oxygen atoms in total. The summed E-state index contributed by atoms with van der Waals surface area (Å²) in [4.78, 5) is 12.8. The number of nitrogens with zero attached hydrogens (tertiary/aromatic N) is 2. The lowest BCUT2D eigenvalue weighted by Gasteiger charge is -2.17. The van der Waals surface area contributed by atoms with Gasteiger partial charge < -0.3 is 14.5 Å². The molecule has 0 saturated heterocycles. The molecule has 136 valence electrons. The average molecular weight is 353 g/mol. The van der Waals surface area contributed by atoms with Gasteiger partial charge in [-0.1, -0.05) is 13.8 Å². The van der Waals surface area contributed by atoms with Gasteiger partial charge in [0.05, 0.1) is 19.1 Å². The van der Waals surface area contributed by atoms with E-state index in [1.165, 1.54) is 0 Å². The van der Waals surface area contributed by atoms with Crippen LogP contribution in [0, 0.1) is 5.92 Å². The van der Waals surface area contributed by atoms with Crippen LogP contribution < -0.4 is 10.1 Å². The van der Waals surface area contributed by atoms with E-state index in [2.05, 4.69) is 24.3 Å². The molecule has 3 aromatic rings. The van der Waals surface area contributed by atoms with Crippen LogP contribution in [0.25, 0.3) is 17.1 Å². The molecule has 0 aliphatic carbocycles. The van der Waals surface area contributed by atoms with Gasteiger partial charge in [-0.05, 0) is 49.2 Å². The number of benzene rings is 1. The Labute approximate surface area is 152 Å². The molecule has 2 heterocycles. The zero-order valence-corrected chi connectivity index (χ0v) is 15.4. The maximum Gasteiger partial charge on any atom is 0.270 e. The molecule has 0 unspecified atom stereocenters. The smallest absolute Gasteiger partial charge is 0.270 e. The highest BCUT2D eigenvalue weighted by molar-refractivity contribution is 5.94. The zero-order valence-electron chi connectivity index (χ0n) is 15.4. The minimum absolute atomic E-state index is 0.0498. The number of nitrogens with one attached hydrogen (secondary N) is 1. The van der Waals surface area contributed by atoms with Crippen molar-refractivity contribution in [1.82, 2.24) is 15.1 Å². The minimum atomic E-state index is -0.174. The summed E-state index contributed by atoms with van der Waals surface area (Å²) >= 11 is 0. The highest BCUT2D eigenvalue weighted by atomic mass is 16.5. The Kier molecular flexibility index (Phi) is 5.11. The van der Waals surface area contributed by atoms with Crippen LogP contribution in [-0.4, -0.2) is 28.8 Å². The lowest BCUT2D eigenvalue weighted by Crippen LogP contribution is -2.37. The molecule has 3 rings (SSSR count). The first-order chi connectivity index (χ1) is 12.5. The molecule has 1 amide bonds. The monoisotopic (exact) mass is 353 g/mol. The summed E-state index contributed by atoms with van der Waals surface area (Å²) in [5.41, 5.74) is 1.83. The third-order valence-corrected chi connectivity index (χ3v) is 4.39. The van der Waals surface area contributed by atoms with Crippen molar-refractivity contribution >= 4 is 5.91 Å². The largest absolute Gasteiger partial charge is 0.497 e. The molecule has 0 aliphatic heterocycles. The number of rotatable bonds is 6. The first-order valence-electron chi connectivity index (χ1n) is 8.59. The van der Waals surface area contributed by atoms with Crippen molar-refractivity contribution in [2.24, 2.45) is 5.92 Å². The molecular formula is C20H23N3O3. The van der Waals surface area contributed by atoms with E-state index in [-0.39, 0.29) is 11.9 Å². The maximum absolute atomic E-state index is 12.8. The third kappa shape index (κ3) is 3.64. The molecule has 0 radical (unpaired) electrons. The molecule has 6 heteroatoms. The Morgan fingerprint density at radius 2 is 1.92 bits per heavy atom. The number of methoxy groups -OCH3 is 1. The second-order valence-corrected chi connectivity index (χ2v) is 6.51. The van der Waals surface area contributed by atoms with E-state index in [9.17, 15) is 4.79 Å². The topological polar surface area (TPSA) is 69.3 Å². The normalized spacial score (nSPS) is 12.2. The van der Waals surface area contributed by atoms with E-state index in [1.807, 2.05) is 37.3 Å². The number of furan rings is 1. The van der Waals surface area contributed by atoms with Crippen LogP contribution in [0.2, 0.25) is 0 Å². The third-order valence-electron chi connectivity index (χ3n) is 4.39. The van der Waals surface area contributed by atoms with Gasteiger partial charge in [-0.2, -0.15) is 5.10 Å². The Morgan fingerprint density at radius 1 is 1.19 bits per heavy atom. The molecule has 0 bridgehead atoms. The van der Waals surface area contributed by atoms with E-state index in [1.54, 1.807) is 30.2 Å². The van der Waals surface area contributed by atoms with Gasteiger partial charge in [0.25, 0.3) is 5.91 Å². The number of hydrogen-bond donors (Lipinski definition) is 1. The molecule has 0 aliphatic rings. The first-order valence-corrected chi connectivity index (χ1v) is 8.59. The summed E-state index contributed by atoms with van der Waals surface area (Å²) in [5, 5.41) is 7.60. The van der Waals surface area contributed by atoms with E-state index >= 15 is 0 Å². The van der Waals surface area contributed by atoms with E-state index < -0.39 is 0 Å². The molecule has 2 aromatic heterocycles. The predicted octanol–water partition coefficient (Wildman–Crippen LogP) is 3.92. The van der Waals surface area contributed by atoms with Gasteiger partial charge >= 0.3 is 0 Å². The number of carbonyl (C=O) groups excluding carboxylic acids is 1. The number of carbonyl (C=O) groups is 1. The van der Waals surface area contributed by atoms with Crippen molar-refractivity contribution in [3.05, 3.63) is 54.4 Å². The molecule has 1 N–H and O–H groups in total. The van der Waals surface area contributed by atoms with Gasteiger partial charge in [-0.3, -0.25) is 4.79 Å². The lowest BCUT2D eigenvalue weighted by atomic mass is 10.1. The van der Waals surface area contributed by atoms with Crippen LogP contribution in [0.5, 0.6) is 5.75 Å². The molecule has 26 heavy (non-hydrogen) atoms. The highest BCUT2D eigenvalue weighted by Gasteiger charge is 2.21. The van der Waals surface area contributed by atoms with Crippen LogP contribution in [0.3, 0.4) is 0 Å². The summed E-state index contributed by atoms with van der Waals surface area (Å²) in [6, 6.07) is 12.8. The Balaban J connectivity index is 2.01. The first kappa shape index (κ1) is 17.8. The Hall–Kier alpha value is -3.02. The minimum Gasteiger partial charge on any atom is -0.497 e. The maximum atomic E-state index is 12.8. The van der Waals surface area contributed by atoms with Gasteiger partial charge in [0.15, 0.2) is 5.76 Å². The molecule has 0 spiro atoms. The van der Waals surface area contributed by atoms with Gasteiger partial charge in [-0.15, -0.1) is 0 Å². The van der Waals surface area contributed by atoms with Gasteiger partial charge in [0.1, 0.15) is 17.1 Å². The summed E-state index contributed by atoms with van der Waals surface area (Å²) in [6.07, 6.45) is 1.59. The fraction of sp³-hybridized carbons (Fsp3) is 0.300. The summed E-state index contributed by atoms with van der Waals surface area (Å²) < 4.78 is 12.3. The number of amides is 1. The molecule has 0 saturated carbocycles. The second kappa shape index (κ2) is 7.47. The zero-order chi connectivity index (χ0) is 18.7. The molecule has 1 aromatic carbocycles. The summed E-state index contributed by atoms with van der Waals surface area (Å²) in [7, 11) is 1.62.